The summed E-state index contributed by atoms with van der Waals surface area (Å²) in [6, 6.07) is 18.1. The number of nitrogens with one attached hydrogen (secondary N) is 2. The van der Waals surface area contributed by atoms with Gasteiger partial charge in [0.05, 0.1) is 5.69 Å². The van der Waals surface area contributed by atoms with E-state index in [-0.39, 0.29) is 11.3 Å². The molecule has 0 atom stereocenters. The summed E-state index contributed by atoms with van der Waals surface area (Å²) >= 11 is 0. The molecule has 0 aliphatic heterocycles. The summed E-state index contributed by atoms with van der Waals surface area (Å²) < 4.78 is 13.6. The summed E-state index contributed by atoms with van der Waals surface area (Å²) in [5.41, 5.74) is 0.876. The van der Waals surface area contributed by atoms with Crippen LogP contribution in [0.2, 0.25) is 0 Å². The van der Waals surface area contributed by atoms with Crippen LogP contribution in [0, 0.1) is 5.82 Å². The molecule has 114 valence electrons. The van der Waals surface area contributed by atoms with Gasteiger partial charge in [-0.2, -0.15) is 0 Å². The van der Waals surface area contributed by atoms with Gasteiger partial charge in [-0.25, -0.2) is 4.39 Å². The van der Waals surface area contributed by atoms with E-state index in [4.69, 9.17) is 0 Å². The first-order valence-electron chi connectivity index (χ1n) is 7.00. The number of aromatic nitrogens is 1. The average Bonchev–Trinajstić information content (AvgIpc) is 2.57. The van der Waals surface area contributed by atoms with Gasteiger partial charge < -0.3 is 10.3 Å². The minimum absolute atomic E-state index is 0.0315. The summed E-state index contributed by atoms with van der Waals surface area (Å²) in [6.07, 6.45) is 0. The van der Waals surface area contributed by atoms with Gasteiger partial charge in [0.15, 0.2) is 0 Å². The standard InChI is InChI=1S/C18H13FN2O2/c19-14-8-4-5-9-16(14)21-18(23)13-10-11-15(20-17(13)22)12-6-2-1-3-7-12/h1-11H,(H,20,22)(H,21,23). The fourth-order valence-corrected chi connectivity index (χ4v) is 2.19. The molecule has 2 N–H and O–H groups in total. The molecule has 1 heterocycles. The van der Waals surface area contributed by atoms with Gasteiger partial charge in [0.1, 0.15) is 11.4 Å². The number of rotatable bonds is 3. The zero-order valence-corrected chi connectivity index (χ0v) is 12.0. The van der Waals surface area contributed by atoms with Crippen LogP contribution >= 0.6 is 0 Å². The lowest BCUT2D eigenvalue weighted by Crippen LogP contribution is -2.23. The van der Waals surface area contributed by atoms with Crippen molar-refractivity contribution in [3.63, 3.8) is 0 Å². The Hall–Kier alpha value is -3.21. The quantitative estimate of drug-likeness (QED) is 0.778. The molecule has 0 aliphatic carbocycles. The van der Waals surface area contributed by atoms with Crippen molar-refractivity contribution in [1.29, 1.82) is 0 Å². The smallest absolute Gasteiger partial charge is 0.261 e. The second kappa shape index (κ2) is 6.27. The van der Waals surface area contributed by atoms with Gasteiger partial charge in [-0.05, 0) is 29.8 Å². The Kier molecular flexibility index (Phi) is 4.01. The number of aromatic amines is 1. The SMILES string of the molecule is O=C(Nc1ccccc1F)c1ccc(-c2ccccc2)[nH]c1=O. The molecule has 0 fully saturated rings. The largest absolute Gasteiger partial charge is 0.321 e. The number of halogens is 1. The van der Waals surface area contributed by atoms with Crippen molar-refractivity contribution in [1.82, 2.24) is 4.98 Å². The highest BCUT2D eigenvalue weighted by atomic mass is 19.1. The first kappa shape index (κ1) is 14.7. The molecule has 2 aromatic carbocycles. The van der Waals surface area contributed by atoms with E-state index in [1.807, 2.05) is 30.3 Å². The predicted octanol–water partition coefficient (Wildman–Crippen LogP) is 3.43. The Morgan fingerprint density at radius 3 is 2.30 bits per heavy atom. The van der Waals surface area contributed by atoms with Crippen molar-refractivity contribution in [3.8, 4) is 11.3 Å². The van der Waals surface area contributed by atoms with Crippen LogP contribution in [-0.2, 0) is 0 Å². The molecular weight excluding hydrogens is 295 g/mol. The van der Waals surface area contributed by atoms with Gasteiger partial charge in [-0.3, -0.25) is 9.59 Å². The van der Waals surface area contributed by atoms with Gasteiger partial charge in [0, 0.05) is 5.69 Å². The van der Waals surface area contributed by atoms with Crippen molar-refractivity contribution >= 4 is 11.6 Å². The molecule has 4 nitrogen and oxygen atoms in total. The number of hydrogen-bond donors (Lipinski definition) is 2. The molecule has 0 unspecified atom stereocenters. The molecule has 0 saturated carbocycles. The zero-order valence-electron chi connectivity index (χ0n) is 12.0. The van der Waals surface area contributed by atoms with E-state index in [1.54, 1.807) is 12.1 Å². The molecular formula is C18H13FN2O2. The molecule has 0 bridgehead atoms. The summed E-state index contributed by atoms with van der Waals surface area (Å²) in [4.78, 5) is 26.9. The third-order valence-corrected chi connectivity index (χ3v) is 3.36. The van der Waals surface area contributed by atoms with Gasteiger partial charge in [-0.1, -0.05) is 42.5 Å². The first-order chi connectivity index (χ1) is 11.1. The van der Waals surface area contributed by atoms with E-state index in [0.29, 0.717) is 5.69 Å². The number of pyridine rings is 1. The van der Waals surface area contributed by atoms with Crippen LogP contribution < -0.4 is 10.9 Å². The van der Waals surface area contributed by atoms with E-state index in [9.17, 15) is 14.0 Å². The molecule has 5 heteroatoms. The summed E-state index contributed by atoms with van der Waals surface area (Å²) in [5, 5.41) is 2.39. The molecule has 3 aromatic rings. The molecule has 0 saturated heterocycles. The van der Waals surface area contributed by atoms with Crippen molar-refractivity contribution in [3.05, 3.63) is 88.5 Å². The van der Waals surface area contributed by atoms with Crippen molar-refractivity contribution in [2.45, 2.75) is 0 Å². The predicted molar refractivity (Wildman–Crippen MR) is 86.9 cm³/mol. The van der Waals surface area contributed by atoms with E-state index in [2.05, 4.69) is 10.3 Å². The van der Waals surface area contributed by atoms with Gasteiger partial charge >= 0.3 is 0 Å². The van der Waals surface area contributed by atoms with Gasteiger partial charge in [-0.15, -0.1) is 0 Å². The minimum atomic E-state index is -0.657. The second-order valence-electron chi connectivity index (χ2n) is 4.91. The van der Waals surface area contributed by atoms with Crippen LogP contribution in [0.25, 0.3) is 11.3 Å². The number of carbonyl (C=O) groups excluding carboxylic acids is 1. The molecule has 3 rings (SSSR count). The monoisotopic (exact) mass is 308 g/mol. The maximum Gasteiger partial charge on any atom is 0.261 e. The molecule has 0 radical (unpaired) electrons. The number of amides is 1. The highest BCUT2D eigenvalue weighted by molar-refractivity contribution is 6.04. The maximum absolute atomic E-state index is 13.6. The number of H-pyrrole nitrogens is 1. The molecule has 23 heavy (non-hydrogen) atoms. The van der Waals surface area contributed by atoms with Crippen LogP contribution in [0.5, 0.6) is 0 Å². The fourth-order valence-electron chi connectivity index (χ4n) is 2.19. The normalized spacial score (nSPS) is 10.3. The third-order valence-electron chi connectivity index (χ3n) is 3.36. The first-order valence-corrected chi connectivity index (χ1v) is 7.00. The molecule has 1 aromatic heterocycles. The lowest BCUT2D eigenvalue weighted by Gasteiger charge is -2.07. The van der Waals surface area contributed by atoms with E-state index in [0.717, 1.165) is 5.56 Å². The topological polar surface area (TPSA) is 62.0 Å². The van der Waals surface area contributed by atoms with Gasteiger partial charge in [0.2, 0.25) is 0 Å². The van der Waals surface area contributed by atoms with Crippen LogP contribution in [0.4, 0.5) is 10.1 Å². The summed E-state index contributed by atoms with van der Waals surface area (Å²) in [5.74, 6) is -1.21. The summed E-state index contributed by atoms with van der Waals surface area (Å²) in [7, 11) is 0. The van der Waals surface area contributed by atoms with Crippen LogP contribution in [-0.4, -0.2) is 10.9 Å². The third kappa shape index (κ3) is 3.18. The number of hydrogen-bond acceptors (Lipinski definition) is 2. The Bertz CT molecular complexity index is 904. The van der Waals surface area contributed by atoms with E-state index >= 15 is 0 Å². The second-order valence-corrected chi connectivity index (χ2v) is 4.91. The number of benzene rings is 2. The van der Waals surface area contributed by atoms with Crippen LogP contribution in [0.3, 0.4) is 0 Å². The van der Waals surface area contributed by atoms with E-state index < -0.39 is 17.3 Å². The highest BCUT2D eigenvalue weighted by Crippen LogP contribution is 2.16. The van der Waals surface area contributed by atoms with E-state index in [1.165, 1.54) is 24.3 Å². The highest BCUT2D eigenvalue weighted by Gasteiger charge is 2.13. The lowest BCUT2D eigenvalue weighted by molar-refractivity contribution is 0.102. The fraction of sp³-hybridized carbons (Fsp3) is 0. The maximum atomic E-state index is 13.6. The number of para-hydroxylation sites is 1. The number of anilines is 1. The molecule has 0 spiro atoms. The number of carbonyl (C=O) groups is 1. The average molecular weight is 308 g/mol. The van der Waals surface area contributed by atoms with Crippen LogP contribution in [0.1, 0.15) is 10.4 Å². The van der Waals surface area contributed by atoms with Crippen LogP contribution in [0.15, 0.2) is 71.5 Å². The lowest BCUT2D eigenvalue weighted by atomic mass is 10.1. The molecule has 0 aliphatic rings. The Balaban J connectivity index is 1.88. The summed E-state index contributed by atoms with van der Waals surface area (Å²) in [6.45, 7) is 0. The van der Waals surface area contributed by atoms with Crippen molar-refractivity contribution in [2.24, 2.45) is 0 Å². The Morgan fingerprint density at radius 1 is 0.913 bits per heavy atom. The Morgan fingerprint density at radius 2 is 1.61 bits per heavy atom. The molecule has 1 amide bonds. The van der Waals surface area contributed by atoms with Gasteiger partial charge in [0.25, 0.3) is 11.5 Å². The zero-order chi connectivity index (χ0) is 16.2. The van der Waals surface area contributed by atoms with Crippen molar-refractivity contribution < 1.29 is 9.18 Å². The Labute approximate surface area is 131 Å². The van der Waals surface area contributed by atoms with Crippen molar-refractivity contribution in [2.75, 3.05) is 5.32 Å². The minimum Gasteiger partial charge on any atom is -0.321 e.